The maximum Gasteiger partial charge on any atom is 0.278 e. The molecule has 1 N–H and O–H groups in total. The summed E-state index contributed by atoms with van der Waals surface area (Å²) in [5.41, 5.74) is 5.40. The molecule has 1 amide bonds. The summed E-state index contributed by atoms with van der Waals surface area (Å²) < 4.78 is 37.5. The zero-order chi connectivity index (χ0) is 27.9. The van der Waals surface area contributed by atoms with Crippen LogP contribution in [0.4, 0.5) is 5.69 Å². The SMILES string of the molecule is CCOc1noc(CO/N=C2\C(=O)Nc3c2cc(-c2ccc(S(=O)(=O)N(C)C)cc2)c2c3CN(C)CC2)c1Br. The number of rotatable bonds is 8. The maximum absolute atomic E-state index is 13.0. The number of anilines is 1. The number of aromatic nitrogens is 1. The normalized spacial score (nSPS) is 16.4. The third-order valence-corrected chi connectivity index (χ3v) is 9.29. The fourth-order valence-corrected chi connectivity index (χ4v) is 5.92. The number of likely N-dealkylation sites (N-methyl/N-ethyl adjacent to an activating group) is 1. The highest BCUT2D eigenvalue weighted by molar-refractivity contribution is 9.10. The summed E-state index contributed by atoms with van der Waals surface area (Å²) in [4.78, 5) is 20.9. The van der Waals surface area contributed by atoms with E-state index in [9.17, 15) is 13.2 Å². The number of sulfonamides is 1. The van der Waals surface area contributed by atoms with E-state index in [0.717, 1.165) is 40.9 Å². The lowest BCUT2D eigenvalue weighted by molar-refractivity contribution is -0.110. The van der Waals surface area contributed by atoms with Crippen LogP contribution in [0.15, 0.2) is 49.4 Å². The number of amides is 1. The molecule has 0 bridgehead atoms. The lowest BCUT2D eigenvalue weighted by Crippen LogP contribution is -2.27. The fraction of sp³-hybridized carbons (Fsp3) is 0.346. The van der Waals surface area contributed by atoms with Gasteiger partial charge in [0.25, 0.3) is 11.8 Å². The summed E-state index contributed by atoms with van der Waals surface area (Å²) in [5.74, 6) is 0.330. The van der Waals surface area contributed by atoms with Gasteiger partial charge in [-0.3, -0.25) is 4.79 Å². The van der Waals surface area contributed by atoms with Crippen LogP contribution in [-0.2, 0) is 39.2 Å². The lowest BCUT2D eigenvalue weighted by atomic mass is 9.87. The predicted octanol–water partition coefficient (Wildman–Crippen LogP) is 3.61. The Labute approximate surface area is 234 Å². The second-order valence-electron chi connectivity index (χ2n) is 9.43. The van der Waals surface area contributed by atoms with Gasteiger partial charge in [0.2, 0.25) is 10.0 Å². The molecule has 5 rings (SSSR count). The van der Waals surface area contributed by atoms with Crippen LogP contribution in [-0.4, -0.2) is 68.7 Å². The van der Waals surface area contributed by atoms with Gasteiger partial charge in [-0.25, -0.2) is 12.7 Å². The summed E-state index contributed by atoms with van der Waals surface area (Å²) in [6.07, 6.45) is 0.784. The van der Waals surface area contributed by atoms with Crippen molar-refractivity contribution in [3.8, 4) is 17.0 Å². The summed E-state index contributed by atoms with van der Waals surface area (Å²) in [6.45, 7) is 3.72. The predicted molar refractivity (Wildman–Crippen MR) is 148 cm³/mol. The number of hydrogen-bond donors (Lipinski definition) is 1. The van der Waals surface area contributed by atoms with E-state index in [1.807, 2.05) is 20.0 Å². The second-order valence-corrected chi connectivity index (χ2v) is 12.4. The molecule has 0 saturated heterocycles. The minimum atomic E-state index is -3.55. The van der Waals surface area contributed by atoms with Crippen molar-refractivity contribution in [2.45, 2.75) is 31.4 Å². The van der Waals surface area contributed by atoms with Crippen LogP contribution in [0.2, 0.25) is 0 Å². The van der Waals surface area contributed by atoms with E-state index in [-0.39, 0.29) is 23.1 Å². The number of benzene rings is 2. The van der Waals surface area contributed by atoms with Crippen LogP contribution in [0, 0.1) is 0 Å². The van der Waals surface area contributed by atoms with E-state index in [1.165, 1.54) is 18.4 Å². The van der Waals surface area contributed by atoms with Gasteiger partial charge in [0, 0.05) is 32.7 Å². The largest absolute Gasteiger partial charge is 0.475 e. The first kappa shape index (κ1) is 27.3. The Morgan fingerprint density at radius 2 is 1.95 bits per heavy atom. The Bertz CT molecular complexity index is 1570. The molecule has 0 atom stereocenters. The Hall–Kier alpha value is -3.26. The summed E-state index contributed by atoms with van der Waals surface area (Å²) >= 11 is 3.38. The number of ether oxygens (including phenoxy) is 1. The number of halogens is 1. The van der Waals surface area contributed by atoms with Gasteiger partial charge in [0.05, 0.1) is 17.2 Å². The molecule has 1 aromatic heterocycles. The van der Waals surface area contributed by atoms with Crippen molar-refractivity contribution in [2.75, 3.05) is 39.6 Å². The van der Waals surface area contributed by atoms with E-state index < -0.39 is 10.0 Å². The van der Waals surface area contributed by atoms with Crippen molar-refractivity contribution in [3.63, 3.8) is 0 Å². The standard InChI is InChI=1S/C26H28BrN5O6S/c1-5-36-26-22(27)21(38-30-26)14-37-29-24-19-12-18(15-6-8-16(9-7-15)39(34,35)31(2)3)17-10-11-32(4)13-20(17)23(19)28-25(24)33/h6-9,12H,5,10-11,13-14H2,1-4H3,(H,28,29,33). The van der Waals surface area contributed by atoms with Gasteiger partial charge in [-0.05, 0) is 81.9 Å². The molecule has 13 heteroatoms. The summed E-state index contributed by atoms with van der Waals surface area (Å²) in [5, 5.41) is 11.0. The molecule has 3 aromatic rings. The molecule has 0 aliphatic carbocycles. The Balaban J connectivity index is 1.52. The quantitative estimate of drug-likeness (QED) is 0.380. The zero-order valence-corrected chi connectivity index (χ0v) is 24.3. The van der Waals surface area contributed by atoms with E-state index in [2.05, 4.69) is 36.5 Å². The number of carbonyl (C=O) groups excluding carboxylic acids is 1. The van der Waals surface area contributed by atoms with Gasteiger partial charge >= 0.3 is 0 Å². The van der Waals surface area contributed by atoms with E-state index in [4.69, 9.17) is 14.1 Å². The van der Waals surface area contributed by atoms with Crippen LogP contribution in [0.1, 0.15) is 29.4 Å². The molecule has 3 heterocycles. The summed E-state index contributed by atoms with van der Waals surface area (Å²) in [6, 6.07) is 8.73. The molecule has 206 valence electrons. The molecule has 0 spiro atoms. The van der Waals surface area contributed by atoms with Gasteiger partial charge < -0.3 is 24.3 Å². The average Bonchev–Trinajstić information content (AvgIpc) is 3.42. The number of hydrogen-bond acceptors (Lipinski definition) is 9. The highest BCUT2D eigenvalue weighted by Crippen LogP contribution is 2.40. The van der Waals surface area contributed by atoms with E-state index >= 15 is 0 Å². The topological polar surface area (TPSA) is 127 Å². The van der Waals surface area contributed by atoms with Crippen molar-refractivity contribution >= 4 is 43.3 Å². The van der Waals surface area contributed by atoms with Crippen LogP contribution in [0.3, 0.4) is 0 Å². The molecule has 0 saturated carbocycles. The number of oxime groups is 1. The summed E-state index contributed by atoms with van der Waals surface area (Å²) in [7, 11) is 1.49. The molecule has 2 aromatic carbocycles. The first-order valence-electron chi connectivity index (χ1n) is 12.3. The minimum absolute atomic E-state index is 0.0604. The lowest BCUT2D eigenvalue weighted by Gasteiger charge is -2.29. The molecule has 0 radical (unpaired) electrons. The first-order valence-corrected chi connectivity index (χ1v) is 14.5. The highest BCUT2D eigenvalue weighted by atomic mass is 79.9. The Morgan fingerprint density at radius 3 is 2.64 bits per heavy atom. The van der Waals surface area contributed by atoms with Crippen molar-refractivity contribution in [2.24, 2.45) is 5.16 Å². The number of carbonyl (C=O) groups is 1. The van der Waals surface area contributed by atoms with Crippen LogP contribution >= 0.6 is 15.9 Å². The van der Waals surface area contributed by atoms with Gasteiger partial charge in [-0.1, -0.05) is 17.3 Å². The average molecular weight is 619 g/mol. The Morgan fingerprint density at radius 1 is 1.21 bits per heavy atom. The minimum Gasteiger partial charge on any atom is -0.475 e. The molecule has 39 heavy (non-hydrogen) atoms. The number of nitrogens with zero attached hydrogens (tertiary/aromatic N) is 4. The second kappa shape index (κ2) is 10.7. The van der Waals surface area contributed by atoms with Crippen molar-refractivity contribution in [1.82, 2.24) is 14.4 Å². The third kappa shape index (κ3) is 5.07. The van der Waals surface area contributed by atoms with Gasteiger partial charge in [0.15, 0.2) is 18.1 Å². The van der Waals surface area contributed by atoms with Crippen LogP contribution in [0.5, 0.6) is 5.88 Å². The number of fused-ring (bicyclic) bond motifs is 3. The van der Waals surface area contributed by atoms with Crippen molar-refractivity contribution in [3.05, 3.63) is 57.3 Å². The van der Waals surface area contributed by atoms with Crippen LogP contribution in [0.25, 0.3) is 11.1 Å². The molecule has 0 fully saturated rings. The highest BCUT2D eigenvalue weighted by Gasteiger charge is 2.34. The van der Waals surface area contributed by atoms with E-state index in [0.29, 0.717) is 34.8 Å². The van der Waals surface area contributed by atoms with Gasteiger partial charge in [-0.2, -0.15) is 0 Å². The fourth-order valence-electron chi connectivity index (χ4n) is 4.65. The van der Waals surface area contributed by atoms with E-state index in [1.54, 1.807) is 24.3 Å². The number of nitrogens with one attached hydrogen (secondary N) is 1. The first-order chi connectivity index (χ1) is 18.6. The Kier molecular flexibility index (Phi) is 7.51. The monoisotopic (exact) mass is 617 g/mol. The van der Waals surface area contributed by atoms with Crippen molar-refractivity contribution in [1.29, 1.82) is 0 Å². The molecule has 2 aliphatic heterocycles. The molecule has 0 unspecified atom stereocenters. The third-order valence-electron chi connectivity index (χ3n) is 6.68. The molecule has 11 nitrogen and oxygen atoms in total. The van der Waals surface area contributed by atoms with Gasteiger partial charge in [-0.15, -0.1) is 0 Å². The molecular weight excluding hydrogens is 590 g/mol. The smallest absolute Gasteiger partial charge is 0.278 e. The van der Waals surface area contributed by atoms with Crippen molar-refractivity contribution < 1.29 is 27.3 Å². The molecule has 2 aliphatic rings. The zero-order valence-electron chi connectivity index (χ0n) is 21.9. The van der Waals surface area contributed by atoms with Gasteiger partial charge in [0.1, 0.15) is 4.47 Å². The molecular formula is C26H28BrN5O6S. The maximum atomic E-state index is 13.0. The van der Waals surface area contributed by atoms with Crippen LogP contribution < -0.4 is 10.1 Å².